The SMILES string of the molecule is COC(=O)c1cc(N)c(N)c(F)c1N.COC(=O)c1cc2[nH]cnc2c(F)c1N. The molecule has 154 valence electrons. The molecule has 0 radical (unpaired) electrons. The molecule has 0 atom stereocenters. The first-order chi connectivity index (χ1) is 13.6. The third-order valence-corrected chi connectivity index (χ3v) is 3.88. The molecule has 3 aromatic rings. The first-order valence-electron chi connectivity index (χ1n) is 7.84. The lowest BCUT2D eigenvalue weighted by atomic mass is 10.1. The molecule has 0 unspecified atom stereocenters. The highest BCUT2D eigenvalue weighted by molar-refractivity contribution is 6.00. The number of rotatable bonds is 2. The standard InChI is InChI=1S/C9H8FN3O2.C8H10FN3O2/c1-15-9(14)4-2-5-8(13-3-12-5)6(10)7(4)11;1-14-8(13)3-2-4(10)7(12)5(9)6(3)11/h2-3H,11H2,1H3,(H,12,13);2H,10-12H2,1H3. The third kappa shape index (κ3) is 3.95. The number of aromatic amines is 1. The van der Waals surface area contributed by atoms with Crippen LogP contribution in [-0.2, 0) is 9.47 Å². The first kappa shape index (κ1) is 21.2. The molecule has 0 saturated carbocycles. The van der Waals surface area contributed by atoms with Crippen LogP contribution < -0.4 is 22.9 Å². The summed E-state index contributed by atoms with van der Waals surface area (Å²) in [5, 5.41) is 0. The number of ether oxygens (including phenoxy) is 2. The van der Waals surface area contributed by atoms with Gasteiger partial charge in [-0.25, -0.2) is 23.4 Å². The van der Waals surface area contributed by atoms with Gasteiger partial charge in [0.2, 0.25) is 0 Å². The lowest BCUT2D eigenvalue weighted by Crippen LogP contribution is -2.11. The lowest BCUT2D eigenvalue weighted by molar-refractivity contribution is 0.0592. The van der Waals surface area contributed by atoms with E-state index < -0.39 is 23.6 Å². The van der Waals surface area contributed by atoms with Crippen LogP contribution in [0.25, 0.3) is 11.0 Å². The molecule has 1 heterocycles. The van der Waals surface area contributed by atoms with Gasteiger partial charge in [-0.2, -0.15) is 0 Å². The Morgan fingerprint density at radius 1 is 0.897 bits per heavy atom. The predicted octanol–water partition coefficient (Wildman–Crippen LogP) is 1.43. The van der Waals surface area contributed by atoms with Crippen molar-refractivity contribution < 1.29 is 27.8 Å². The highest BCUT2D eigenvalue weighted by atomic mass is 19.1. The Kier molecular flexibility index (Phi) is 6.06. The second-order valence-electron chi connectivity index (χ2n) is 5.59. The number of nitrogens with zero attached hydrogens (tertiary/aromatic N) is 1. The maximum atomic E-state index is 13.6. The van der Waals surface area contributed by atoms with Gasteiger partial charge in [-0.1, -0.05) is 0 Å². The van der Waals surface area contributed by atoms with Crippen LogP contribution >= 0.6 is 0 Å². The number of nitrogens with two attached hydrogens (primary N) is 4. The summed E-state index contributed by atoms with van der Waals surface area (Å²) in [7, 11) is 2.36. The number of anilines is 4. The van der Waals surface area contributed by atoms with Gasteiger partial charge in [-0.3, -0.25) is 0 Å². The van der Waals surface area contributed by atoms with Crippen molar-refractivity contribution in [1.29, 1.82) is 0 Å². The van der Waals surface area contributed by atoms with Crippen molar-refractivity contribution >= 4 is 45.7 Å². The number of esters is 2. The zero-order valence-electron chi connectivity index (χ0n) is 15.4. The molecule has 0 bridgehead atoms. The average Bonchev–Trinajstić information content (AvgIpc) is 3.20. The van der Waals surface area contributed by atoms with Gasteiger partial charge in [0.15, 0.2) is 11.6 Å². The van der Waals surface area contributed by atoms with Crippen LogP contribution in [-0.4, -0.2) is 36.1 Å². The van der Waals surface area contributed by atoms with Gasteiger partial charge in [-0.05, 0) is 12.1 Å². The van der Waals surface area contributed by atoms with E-state index in [4.69, 9.17) is 22.9 Å². The van der Waals surface area contributed by atoms with Crippen LogP contribution in [0.15, 0.2) is 18.5 Å². The number of benzene rings is 2. The number of hydrogen-bond donors (Lipinski definition) is 5. The van der Waals surface area contributed by atoms with Crippen LogP contribution in [0.4, 0.5) is 31.5 Å². The Hall–Kier alpha value is -4.09. The number of carbonyl (C=O) groups is 2. The topological polar surface area (TPSA) is 185 Å². The van der Waals surface area contributed by atoms with Gasteiger partial charge in [0.25, 0.3) is 0 Å². The minimum Gasteiger partial charge on any atom is -0.465 e. The molecule has 0 aliphatic carbocycles. The van der Waals surface area contributed by atoms with Crippen LogP contribution in [0.1, 0.15) is 20.7 Å². The Bertz CT molecular complexity index is 1100. The summed E-state index contributed by atoms with van der Waals surface area (Å²) in [4.78, 5) is 28.8. The summed E-state index contributed by atoms with van der Waals surface area (Å²) in [6.45, 7) is 0. The number of nitrogen functional groups attached to an aromatic ring is 4. The molecule has 0 spiro atoms. The van der Waals surface area contributed by atoms with Crippen molar-refractivity contribution in [3.8, 4) is 0 Å². The monoisotopic (exact) mass is 408 g/mol. The molecule has 9 N–H and O–H groups in total. The number of fused-ring (bicyclic) bond motifs is 1. The summed E-state index contributed by atoms with van der Waals surface area (Å²) in [6.07, 6.45) is 1.33. The van der Waals surface area contributed by atoms with Gasteiger partial charge in [0.1, 0.15) is 5.52 Å². The zero-order chi connectivity index (χ0) is 21.9. The minimum absolute atomic E-state index is 0.00764. The molecular formula is C17H18F2N6O4. The third-order valence-electron chi connectivity index (χ3n) is 3.88. The molecule has 0 aliphatic rings. The number of hydrogen-bond acceptors (Lipinski definition) is 9. The van der Waals surface area contributed by atoms with E-state index in [1.807, 2.05) is 0 Å². The fraction of sp³-hybridized carbons (Fsp3) is 0.118. The smallest absolute Gasteiger partial charge is 0.340 e. The van der Waals surface area contributed by atoms with Crippen molar-refractivity contribution in [2.24, 2.45) is 0 Å². The quantitative estimate of drug-likeness (QED) is 0.309. The Labute approximate surface area is 162 Å². The number of imidazole rings is 1. The van der Waals surface area contributed by atoms with Crippen molar-refractivity contribution in [2.75, 3.05) is 37.2 Å². The van der Waals surface area contributed by atoms with Crippen LogP contribution in [0.2, 0.25) is 0 Å². The average molecular weight is 408 g/mol. The predicted molar refractivity (Wildman–Crippen MR) is 103 cm³/mol. The molecule has 10 nitrogen and oxygen atoms in total. The number of methoxy groups -OCH3 is 2. The number of aromatic nitrogens is 2. The van der Waals surface area contributed by atoms with E-state index in [1.165, 1.54) is 25.6 Å². The number of carbonyl (C=O) groups excluding carboxylic acids is 2. The summed E-state index contributed by atoms with van der Waals surface area (Å²) >= 11 is 0. The number of halogens is 2. The molecular weight excluding hydrogens is 390 g/mol. The highest BCUT2D eigenvalue weighted by Gasteiger charge is 2.19. The highest BCUT2D eigenvalue weighted by Crippen LogP contribution is 2.28. The van der Waals surface area contributed by atoms with Crippen molar-refractivity contribution in [3.05, 3.63) is 41.2 Å². The molecule has 0 saturated heterocycles. The van der Waals surface area contributed by atoms with Gasteiger partial charge in [0.05, 0.1) is 59.9 Å². The molecule has 0 aliphatic heterocycles. The van der Waals surface area contributed by atoms with Crippen molar-refractivity contribution in [1.82, 2.24) is 9.97 Å². The Morgan fingerprint density at radius 3 is 1.97 bits per heavy atom. The largest absolute Gasteiger partial charge is 0.465 e. The minimum atomic E-state index is -0.898. The van der Waals surface area contributed by atoms with Gasteiger partial charge in [0, 0.05) is 0 Å². The van der Waals surface area contributed by atoms with Crippen LogP contribution in [0.3, 0.4) is 0 Å². The fourth-order valence-electron chi connectivity index (χ4n) is 2.32. The maximum absolute atomic E-state index is 13.6. The zero-order valence-corrected chi connectivity index (χ0v) is 15.4. The van der Waals surface area contributed by atoms with E-state index in [0.717, 1.165) is 7.11 Å². The van der Waals surface area contributed by atoms with Gasteiger partial charge in [-0.15, -0.1) is 0 Å². The van der Waals surface area contributed by atoms with Crippen molar-refractivity contribution in [2.45, 2.75) is 0 Å². The van der Waals surface area contributed by atoms with E-state index in [2.05, 4.69) is 19.4 Å². The Balaban J connectivity index is 0.000000208. The Morgan fingerprint density at radius 2 is 1.41 bits per heavy atom. The lowest BCUT2D eigenvalue weighted by Gasteiger charge is -2.08. The summed E-state index contributed by atoms with van der Waals surface area (Å²) in [6, 6.07) is 2.59. The van der Waals surface area contributed by atoms with E-state index in [0.29, 0.717) is 5.52 Å². The molecule has 0 fully saturated rings. The van der Waals surface area contributed by atoms with E-state index in [1.54, 1.807) is 0 Å². The molecule has 12 heteroatoms. The van der Waals surface area contributed by atoms with Crippen LogP contribution in [0, 0.1) is 11.6 Å². The maximum Gasteiger partial charge on any atom is 0.340 e. The molecule has 0 amide bonds. The number of H-pyrrole nitrogens is 1. The summed E-state index contributed by atoms with van der Waals surface area (Å²) < 4.78 is 35.6. The van der Waals surface area contributed by atoms with Crippen molar-refractivity contribution in [3.63, 3.8) is 0 Å². The molecule has 3 rings (SSSR count). The second kappa shape index (κ2) is 8.29. The molecule has 29 heavy (non-hydrogen) atoms. The number of nitrogens with one attached hydrogen (secondary N) is 1. The van der Waals surface area contributed by atoms with E-state index in [9.17, 15) is 18.4 Å². The fourth-order valence-corrected chi connectivity index (χ4v) is 2.32. The van der Waals surface area contributed by atoms with Crippen LogP contribution in [0.5, 0.6) is 0 Å². The summed E-state index contributed by atoms with van der Waals surface area (Å²) in [5.74, 6) is -3.05. The second-order valence-corrected chi connectivity index (χ2v) is 5.59. The normalized spacial score (nSPS) is 10.2. The van der Waals surface area contributed by atoms with E-state index in [-0.39, 0.29) is 39.4 Å². The molecule has 2 aromatic carbocycles. The first-order valence-corrected chi connectivity index (χ1v) is 7.84. The molecule has 1 aromatic heterocycles. The summed E-state index contributed by atoms with van der Waals surface area (Å²) in [5.41, 5.74) is 20.8. The van der Waals surface area contributed by atoms with Gasteiger partial charge < -0.3 is 37.4 Å². The van der Waals surface area contributed by atoms with E-state index >= 15 is 0 Å². The van der Waals surface area contributed by atoms with Gasteiger partial charge >= 0.3 is 11.9 Å².